The van der Waals surface area contributed by atoms with Crippen LogP contribution in [-0.2, 0) is 0 Å². The number of nitrogens with two attached hydrogens (primary N) is 1. The molecule has 124 valence electrons. The monoisotopic (exact) mass is 314 g/mol. The lowest BCUT2D eigenvalue weighted by Crippen LogP contribution is -2.37. The molecule has 1 aromatic rings. The van der Waals surface area contributed by atoms with Gasteiger partial charge in [-0.3, -0.25) is 4.99 Å². The summed E-state index contributed by atoms with van der Waals surface area (Å²) in [7, 11) is 0. The van der Waals surface area contributed by atoms with Crippen molar-refractivity contribution in [2.24, 2.45) is 4.99 Å². The summed E-state index contributed by atoms with van der Waals surface area (Å²) in [5, 5.41) is 15.5. The number of hydrogen-bond donors (Lipinski definition) is 3. The maximum absolute atomic E-state index is 10.3. The molecular formula is C18H26N4O. The molecule has 0 aliphatic heterocycles. The fourth-order valence-corrected chi connectivity index (χ4v) is 2.28. The first-order valence-corrected chi connectivity index (χ1v) is 8.13. The van der Waals surface area contributed by atoms with Crippen LogP contribution in [0.4, 0.5) is 17.2 Å². The van der Waals surface area contributed by atoms with Crippen molar-refractivity contribution in [3.63, 3.8) is 0 Å². The predicted octanol–water partition coefficient (Wildman–Crippen LogP) is 1.87. The van der Waals surface area contributed by atoms with Crippen molar-refractivity contribution in [3.05, 3.63) is 22.7 Å². The SMILES string of the molecule is CCC=Nc1c(N)nc2c(c1NCC(C)(O)CC)=CCC=CC=2. The molecule has 5 heteroatoms. The lowest BCUT2D eigenvalue weighted by Gasteiger charge is -2.23. The molecule has 1 heterocycles. The second kappa shape index (κ2) is 7.42. The highest BCUT2D eigenvalue weighted by atomic mass is 16.3. The Hall–Kier alpha value is -2.14. The zero-order chi connectivity index (χ0) is 16.9. The van der Waals surface area contributed by atoms with Crippen LogP contribution in [0.2, 0.25) is 0 Å². The van der Waals surface area contributed by atoms with Crippen molar-refractivity contribution in [1.29, 1.82) is 0 Å². The number of allylic oxidation sites excluding steroid dienone is 2. The van der Waals surface area contributed by atoms with Gasteiger partial charge in [-0.05, 0) is 32.3 Å². The lowest BCUT2D eigenvalue weighted by molar-refractivity contribution is 0.0697. The quantitative estimate of drug-likeness (QED) is 0.700. The molecule has 0 aromatic carbocycles. The lowest BCUT2D eigenvalue weighted by atomic mass is 10.0. The number of anilines is 2. The summed E-state index contributed by atoms with van der Waals surface area (Å²) in [6.07, 6.45) is 12.2. The number of aliphatic hydroxyl groups is 1. The van der Waals surface area contributed by atoms with E-state index in [9.17, 15) is 5.11 Å². The molecule has 0 saturated heterocycles. The Kier molecular flexibility index (Phi) is 5.55. The summed E-state index contributed by atoms with van der Waals surface area (Å²) < 4.78 is 0. The number of nitrogen functional groups attached to an aromatic ring is 1. The molecule has 0 spiro atoms. The largest absolute Gasteiger partial charge is 0.388 e. The van der Waals surface area contributed by atoms with Crippen molar-refractivity contribution in [2.75, 3.05) is 17.6 Å². The van der Waals surface area contributed by atoms with E-state index in [-0.39, 0.29) is 0 Å². The molecule has 0 saturated carbocycles. The minimum absolute atomic E-state index is 0.395. The molecule has 1 unspecified atom stereocenters. The molecule has 0 fully saturated rings. The summed E-state index contributed by atoms with van der Waals surface area (Å²) in [5.41, 5.74) is 6.82. The summed E-state index contributed by atoms with van der Waals surface area (Å²) in [6.45, 7) is 6.23. The van der Waals surface area contributed by atoms with Gasteiger partial charge in [-0.1, -0.05) is 32.1 Å². The van der Waals surface area contributed by atoms with E-state index in [4.69, 9.17) is 5.73 Å². The Morgan fingerprint density at radius 3 is 2.96 bits per heavy atom. The zero-order valence-electron chi connectivity index (χ0n) is 14.1. The number of nitrogens with zero attached hydrogens (tertiary/aromatic N) is 2. The molecule has 1 aliphatic rings. The van der Waals surface area contributed by atoms with Gasteiger partial charge in [-0.2, -0.15) is 0 Å². The molecular weight excluding hydrogens is 288 g/mol. The number of nitrogens with one attached hydrogen (secondary N) is 1. The van der Waals surface area contributed by atoms with Crippen molar-refractivity contribution in [3.8, 4) is 0 Å². The van der Waals surface area contributed by atoms with Gasteiger partial charge in [-0.25, -0.2) is 4.98 Å². The van der Waals surface area contributed by atoms with Gasteiger partial charge in [0.15, 0.2) is 5.82 Å². The van der Waals surface area contributed by atoms with Gasteiger partial charge in [0.05, 0.1) is 16.6 Å². The van der Waals surface area contributed by atoms with Crippen molar-refractivity contribution in [1.82, 2.24) is 4.98 Å². The van der Waals surface area contributed by atoms with Gasteiger partial charge >= 0.3 is 0 Å². The van der Waals surface area contributed by atoms with Crippen LogP contribution in [0.3, 0.4) is 0 Å². The molecule has 0 amide bonds. The van der Waals surface area contributed by atoms with E-state index >= 15 is 0 Å². The first-order chi connectivity index (χ1) is 11.0. The van der Waals surface area contributed by atoms with Crippen LogP contribution in [0.25, 0.3) is 12.2 Å². The molecule has 1 aliphatic carbocycles. The summed E-state index contributed by atoms with van der Waals surface area (Å²) >= 11 is 0. The summed E-state index contributed by atoms with van der Waals surface area (Å²) in [6, 6.07) is 0. The number of aromatic nitrogens is 1. The Morgan fingerprint density at radius 2 is 2.26 bits per heavy atom. The molecule has 1 aromatic heterocycles. The first-order valence-electron chi connectivity index (χ1n) is 8.13. The van der Waals surface area contributed by atoms with Gasteiger partial charge in [0.25, 0.3) is 0 Å². The van der Waals surface area contributed by atoms with Crippen LogP contribution in [-0.4, -0.2) is 28.5 Å². The van der Waals surface area contributed by atoms with E-state index in [1.54, 1.807) is 0 Å². The number of fused-ring (bicyclic) bond motifs is 1. The standard InChI is InChI=1S/C18H26N4O/c1-4-11-20-16-15(21-12-18(3,23)5-2)13-9-7-6-8-10-14(13)22-17(16)19/h6,8-11,21,23H,4-5,7,12H2,1-3H3,(H2,19,22). The zero-order valence-corrected chi connectivity index (χ0v) is 14.1. The van der Waals surface area contributed by atoms with Crippen molar-refractivity contribution >= 4 is 35.6 Å². The minimum atomic E-state index is -0.788. The van der Waals surface area contributed by atoms with Gasteiger partial charge in [-0.15, -0.1) is 0 Å². The molecule has 4 N–H and O–H groups in total. The number of hydrogen-bond acceptors (Lipinski definition) is 5. The fourth-order valence-electron chi connectivity index (χ4n) is 2.28. The third-order valence-electron chi connectivity index (χ3n) is 3.92. The van der Waals surface area contributed by atoms with Gasteiger partial charge in [0.1, 0.15) is 5.69 Å². The second-order valence-corrected chi connectivity index (χ2v) is 5.98. The molecule has 5 nitrogen and oxygen atoms in total. The molecule has 1 atom stereocenters. The number of pyridine rings is 1. The Bertz CT molecular complexity index is 732. The van der Waals surface area contributed by atoms with E-state index in [0.717, 1.165) is 29.1 Å². The smallest absolute Gasteiger partial charge is 0.152 e. The minimum Gasteiger partial charge on any atom is -0.388 e. The highest BCUT2D eigenvalue weighted by Gasteiger charge is 2.19. The summed E-state index contributed by atoms with van der Waals surface area (Å²) in [5.74, 6) is 0.395. The van der Waals surface area contributed by atoms with Crippen LogP contribution in [0.5, 0.6) is 0 Å². The molecule has 0 bridgehead atoms. The molecule has 0 radical (unpaired) electrons. The van der Waals surface area contributed by atoms with E-state index in [1.165, 1.54) is 0 Å². The Labute approximate surface area is 137 Å². The third-order valence-corrected chi connectivity index (χ3v) is 3.92. The van der Waals surface area contributed by atoms with Crippen molar-refractivity contribution < 1.29 is 5.11 Å². The molecule has 2 rings (SSSR count). The predicted molar refractivity (Wildman–Crippen MR) is 98.4 cm³/mol. The van der Waals surface area contributed by atoms with E-state index in [1.807, 2.05) is 39.1 Å². The third kappa shape index (κ3) is 4.20. The van der Waals surface area contributed by atoms with Gasteiger partial charge in [0, 0.05) is 18.0 Å². The van der Waals surface area contributed by atoms with E-state index in [0.29, 0.717) is 24.5 Å². The van der Waals surface area contributed by atoms with Gasteiger partial charge < -0.3 is 16.2 Å². The maximum atomic E-state index is 10.3. The fraction of sp³-hybridized carbons (Fsp3) is 0.444. The summed E-state index contributed by atoms with van der Waals surface area (Å²) in [4.78, 5) is 8.95. The normalized spacial score (nSPS) is 16.2. The number of rotatable bonds is 6. The topological polar surface area (TPSA) is 83.5 Å². The highest BCUT2D eigenvalue weighted by molar-refractivity contribution is 5.81. The highest BCUT2D eigenvalue weighted by Crippen LogP contribution is 2.26. The van der Waals surface area contributed by atoms with E-state index in [2.05, 4.69) is 27.4 Å². The second-order valence-electron chi connectivity index (χ2n) is 5.98. The average Bonchev–Trinajstić information content (AvgIpc) is 2.76. The molecule has 23 heavy (non-hydrogen) atoms. The Morgan fingerprint density at radius 1 is 1.48 bits per heavy atom. The van der Waals surface area contributed by atoms with E-state index < -0.39 is 5.60 Å². The van der Waals surface area contributed by atoms with Gasteiger partial charge in [0.2, 0.25) is 0 Å². The number of aliphatic imine (C=N–C) groups is 1. The van der Waals surface area contributed by atoms with Crippen LogP contribution in [0.1, 0.15) is 40.0 Å². The van der Waals surface area contributed by atoms with Crippen LogP contribution in [0, 0.1) is 0 Å². The van der Waals surface area contributed by atoms with Crippen molar-refractivity contribution in [2.45, 2.75) is 45.6 Å². The first kappa shape index (κ1) is 17.2. The van der Waals surface area contributed by atoms with Crippen LogP contribution >= 0.6 is 0 Å². The van der Waals surface area contributed by atoms with Crippen LogP contribution < -0.4 is 21.6 Å². The Balaban J connectivity index is 2.58. The average molecular weight is 314 g/mol. The maximum Gasteiger partial charge on any atom is 0.152 e. The van der Waals surface area contributed by atoms with Crippen LogP contribution in [0.15, 0.2) is 17.1 Å².